The molecule has 2 aliphatic carbocycles. The van der Waals surface area contributed by atoms with Crippen LogP contribution in [0.15, 0.2) is 23.2 Å². The third-order valence-electron chi connectivity index (χ3n) is 8.54. The van der Waals surface area contributed by atoms with Crippen molar-refractivity contribution in [2.45, 2.75) is 128 Å². The number of ether oxygens (including phenoxy) is 1. The summed E-state index contributed by atoms with van der Waals surface area (Å²) in [5.74, 6) is 1.18. The van der Waals surface area contributed by atoms with Gasteiger partial charge in [0.05, 0.1) is 30.5 Å². The Balaban J connectivity index is 1.40. The maximum absolute atomic E-state index is 13.6. The maximum atomic E-state index is 13.6. The van der Waals surface area contributed by atoms with Gasteiger partial charge < -0.3 is 14.0 Å². The Hall–Kier alpha value is -1.70. The zero-order chi connectivity index (χ0) is 24.8. The van der Waals surface area contributed by atoms with Gasteiger partial charge in [-0.2, -0.15) is 0 Å². The molecular weight excluding hydrogens is 439 g/mol. The molecule has 2 saturated carbocycles. The molecule has 1 spiro atoms. The Labute approximate surface area is 210 Å². The molecule has 1 aromatic carbocycles. The van der Waals surface area contributed by atoms with Crippen LogP contribution in [0.2, 0.25) is 0 Å². The molecular formula is C28H41BN2O4. The lowest BCUT2D eigenvalue weighted by molar-refractivity contribution is -0.131. The van der Waals surface area contributed by atoms with Crippen LogP contribution in [0.1, 0.15) is 104 Å². The fourth-order valence-electron chi connectivity index (χ4n) is 5.41. The van der Waals surface area contributed by atoms with Crippen LogP contribution in [-0.4, -0.2) is 46.6 Å². The van der Waals surface area contributed by atoms with Crippen molar-refractivity contribution in [2.75, 3.05) is 0 Å². The molecule has 6 nitrogen and oxygen atoms in total. The Morgan fingerprint density at radius 1 is 1.11 bits per heavy atom. The monoisotopic (exact) mass is 480 g/mol. The molecule has 3 fully saturated rings. The molecule has 35 heavy (non-hydrogen) atoms. The van der Waals surface area contributed by atoms with E-state index in [-0.39, 0.29) is 5.91 Å². The van der Waals surface area contributed by atoms with Gasteiger partial charge in [0, 0.05) is 6.42 Å². The quantitative estimate of drug-likeness (QED) is 0.472. The predicted octanol–water partition coefficient (Wildman–Crippen LogP) is 4.91. The minimum absolute atomic E-state index is 0.201. The van der Waals surface area contributed by atoms with Gasteiger partial charge >= 0.3 is 7.12 Å². The second kappa shape index (κ2) is 9.31. The van der Waals surface area contributed by atoms with Crippen molar-refractivity contribution in [1.82, 2.24) is 4.90 Å². The first-order valence-electron chi connectivity index (χ1n) is 13.6. The topological polar surface area (TPSA) is 60.4 Å². The summed E-state index contributed by atoms with van der Waals surface area (Å²) in [5.41, 5.74) is 1.92. The normalized spacial score (nSPS) is 24.6. The number of aliphatic imine (C=N–C) groups is 1. The Morgan fingerprint density at radius 3 is 2.43 bits per heavy atom. The second-order valence-electron chi connectivity index (χ2n) is 11.9. The highest BCUT2D eigenvalue weighted by Gasteiger charge is 2.52. The van der Waals surface area contributed by atoms with Gasteiger partial charge in [-0.25, -0.2) is 0 Å². The van der Waals surface area contributed by atoms with Crippen LogP contribution in [0.3, 0.4) is 0 Å². The van der Waals surface area contributed by atoms with Gasteiger partial charge in [0.2, 0.25) is 0 Å². The Morgan fingerprint density at radius 2 is 1.80 bits per heavy atom. The molecule has 1 aromatic rings. The molecule has 0 N–H and O–H groups in total. The third-order valence-corrected chi connectivity index (χ3v) is 8.54. The van der Waals surface area contributed by atoms with Gasteiger partial charge in [0.25, 0.3) is 5.91 Å². The van der Waals surface area contributed by atoms with E-state index in [1.165, 1.54) is 0 Å². The van der Waals surface area contributed by atoms with Crippen LogP contribution in [0.5, 0.6) is 0 Å². The smallest absolute Gasteiger partial charge is 0.399 e. The van der Waals surface area contributed by atoms with Crippen LogP contribution in [0.4, 0.5) is 0 Å². The first-order chi connectivity index (χ1) is 16.6. The number of rotatable bonds is 9. The number of amidine groups is 1. The van der Waals surface area contributed by atoms with Crippen molar-refractivity contribution >= 4 is 24.3 Å². The van der Waals surface area contributed by atoms with E-state index >= 15 is 0 Å². The first-order valence-corrected chi connectivity index (χ1v) is 13.6. The highest BCUT2D eigenvalue weighted by Crippen LogP contribution is 2.40. The van der Waals surface area contributed by atoms with Crippen molar-refractivity contribution in [3.8, 4) is 0 Å². The molecule has 0 bridgehead atoms. The summed E-state index contributed by atoms with van der Waals surface area (Å²) in [6.45, 7) is 11.6. The van der Waals surface area contributed by atoms with E-state index in [0.29, 0.717) is 19.3 Å². The second-order valence-corrected chi connectivity index (χ2v) is 11.9. The first kappa shape index (κ1) is 25.0. The minimum atomic E-state index is -0.496. The van der Waals surface area contributed by atoms with Crippen molar-refractivity contribution < 1.29 is 18.8 Å². The summed E-state index contributed by atoms with van der Waals surface area (Å²) >= 11 is 0. The average molecular weight is 480 g/mol. The summed E-state index contributed by atoms with van der Waals surface area (Å²) < 4.78 is 18.9. The number of unbranched alkanes of at least 4 members (excludes halogenated alkanes) is 1. The van der Waals surface area contributed by atoms with E-state index in [2.05, 4.69) is 52.8 Å². The lowest BCUT2D eigenvalue weighted by atomic mass is 9.75. The number of amides is 1. The van der Waals surface area contributed by atoms with Gasteiger partial charge in [-0.05, 0) is 76.4 Å². The zero-order valence-corrected chi connectivity index (χ0v) is 22.2. The lowest BCUT2D eigenvalue weighted by Gasteiger charge is -2.32. The van der Waals surface area contributed by atoms with Crippen LogP contribution >= 0.6 is 0 Å². The van der Waals surface area contributed by atoms with Gasteiger partial charge in [0.1, 0.15) is 11.4 Å². The van der Waals surface area contributed by atoms with Crippen LogP contribution in [-0.2, 0) is 32.0 Å². The summed E-state index contributed by atoms with van der Waals surface area (Å²) in [6, 6.07) is 6.41. The number of nitrogens with zero attached hydrogens (tertiary/aromatic N) is 2. The molecule has 1 amide bonds. The number of carbonyl (C=O) groups excluding carboxylic acids is 1. The molecule has 0 radical (unpaired) electrons. The fourth-order valence-corrected chi connectivity index (χ4v) is 5.41. The predicted molar refractivity (Wildman–Crippen MR) is 139 cm³/mol. The van der Waals surface area contributed by atoms with Gasteiger partial charge in [-0.1, -0.05) is 44.4 Å². The van der Waals surface area contributed by atoms with E-state index in [9.17, 15) is 4.79 Å². The molecule has 0 unspecified atom stereocenters. The van der Waals surface area contributed by atoms with E-state index in [0.717, 1.165) is 80.2 Å². The van der Waals surface area contributed by atoms with E-state index in [1.54, 1.807) is 0 Å². The molecule has 2 heterocycles. The highest BCUT2D eigenvalue weighted by molar-refractivity contribution is 6.62. The van der Waals surface area contributed by atoms with Crippen molar-refractivity contribution in [1.29, 1.82) is 0 Å². The molecule has 190 valence electrons. The number of hydrogen-bond acceptors (Lipinski definition) is 5. The van der Waals surface area contributed by atoms with Crippen molar-refractivity contribution in [3.63, 3.8) is 0 Å². The molecule has 5 rings (SSSR count). The van der Waals surface area contributed by atoms with E-state index in [4.69, 9.17) is 19.0 Å². The van der Waals surface area contributed by atoms with Crippen LogP contribution < -0.4 is 5.46 Å². The van der Waals surface area contributed by atoms with Crippen molar-refractivity contribution in [3.05, 3.63) is 29.3 Å². The number of carbonyl (C=O) groups is 1. The summed E-state index contributed by atoms with van der Waals surface area (Å²) in [5, 5.41) is 0. The van der Waals surface area contributed by atoms with E-state index < -0.39 is 23.9 Å². The molecule has 7 heteroatoms. The number of hydrogen-bond donors (Lipinski definition) is 0. The van der Waals surface area contributed by atoms with Gasteiger partial charge in [0.15, 0.2) is 0 Å². The Bertz CT molecular complexity index is 979. The third kappa shape index (κ3) is 4.84. The minimum Gasteiger partial charge on any atom is -0.399 e. The van der Waals surface area contributed by atoms with Crippen molar-refractivity contribution in [2.24, 2.45) is 4.99 Å². The molecule has 0 atom stereocenters. The number of benzene rings is 1. The molecule has 2 aliphatic heterocycles. The largest absolute Gasteiger partial charge is 0.495 e. The fraction of sp³-hybridized carbons (Fsp3) is 0.714. The van der Waals surface area contributed by atoms with Gasteiger partial charge in [-0.3, -0.25) is 14.7 Å². The van der Waals surface area contributed by atoms with Crippen LogP contribution in [0.25, 0.3) is 0 Å². The average Bonchev–Trinajstić information content (AvgIpc) is 3.40. The molecule has 1 saturated heterocycles. The van der Waals surface area contributed by atoms with Crippen LogP contribution in [0, 0.1) is 0 Å². The summed E-state index contributed by atoms with van der Waals surface area (Å²) in [4.78, 5) is 20.6. The van der Waals surface area contributed by atoms with Gasteiger partial charge in [-0.15, -0.1) is 0 Å². The van der Waals surface area contributed by atoms with E-state index in [1.807, 2.05) is 4.90 Å². The maximum Gasteiger partial charge on any atom is 0.495 e. The summed E-state index contributed by atoms with van der Waals surface area (Å²) in [6.07, 6.45) is 9.61. The molecule has 0 aromatic heterocycles. The SMILES string of the molecule is CCCCC1=NC2(CCCC2)C(=O)N1Cc1ccc(B2OC(C)(C)C(C)(C)O2)c(COC2CC2)c1. The standard InChI is InChI=1S/C28H41BN2O4/c1-6-7-10-24-30-28(15-8-9-16-28)25(32)31(24)18-20-11-14-23(21(17-20)19-33-22-12-13-22)29-34-26(2,3)27(4,5)35-29/h11,14,17,22H,6-10,12-13,15-16,18-19H2,1-5H3. The lowest BCUT2D eigenvalue weighted by Crippen LogP contribution is -2.41. The highest BCUT2D eigenvalue weighted by atomic mass is 16.7. The zero-order valence-electron chi connectivity index (χ0n) is 22.2. The summed E-state index contributed by atoms with van der Waals surface area (Å²) in [7, 11) is -0.427. The molecule has 4 aliphatic rings. The Kier molecular flexibility index (Phi) is 6.65.